The molecule has 2 N–H and O–H groups in total. The lowest BCUT2D eigenvalue weighted by Gasteiger charge is -2.23. The zero-order valence-corrected chi connectivity index (χ0v) is 10.1. The Balaban J connectivity index is 1.91. The van der Waals surface area contributed by atoms with Gasteiger partial charge in [0.15, 0.2) is 0 Å². The maximum absolute atomic E-state index is 6.06. The van der Waals surface area contributed by atoms with Crippen molar-refractivity contribution in [1.82, 2.24) is 4.90 Å². The highest BCUT2D eigenvalue weighted by molar-refractivity contribution is 5.40. The van der Waals surface area contributed by atoms with Crippen LogP contribution in [0.2, 0.25) is 0 Å². The second-order valence-electron chi connectivity index (χ2n) is 5.54. The highest BCUT2D eigenvalue weighted by atomic mass is 15.2. The maximum Gasteiger partial charge on any atom is 0.0163 e. The van der Waals surface area contributed by atoms with Crippen LogP contribution in [0, 0.1) is 18.8 Å². The fourth-order valence-electron chi connectivity index (χ4n) is 3.64. The van der Waals surface area contributed by atoms with Crippen LogP contribution in [0.1, 0.15) is 11.1 Å². The van der Waals surface area contributed by atoms with Gasteiger partial charge >= 0.3 is 0 Å². The minimum absolute atomic E-state index is 0.306. The minimum Gasteiger partial charge on any atom is -0.330 e. The van der Waals surface area contributed by atoms with Gasteiger partial charge in [0.05, 0.1) is 0 Å². The summed E-state index contributed by atoms with van der Waals surface area (Å²) in [6.07, 6.45) is 0. The molecule has 1 aliphatic carbocycles. The normalized spacial score (nSPS) is 37.4. The van der Waals surface area contributed by atoms with Crippen molar-refractivity contribution in [2.24, 2.45) is 17.6 Å². The molecule has 3 rings (SSSR count). The first-order valence-electron chi connectivity index (χ1n) is 6.14. The van der Waals surface area contributed by atoms with Crippen LogP contribution in [0.4, 0.5) is 0 Å². The van der Waals surface area contributed by atoms with Crippen LogP contribution in [0.5, 0.6) is 0 Å². The molecule has 1 aromatic rings. The third-order valence-corrected chi connectivity index (χ3v) is 4.64. The molecule has 86 valence electrons. The lowest BCUT2D eigenvalue weighted by Crippen LogP contribution is -2.33. The number of hydrogen-bond donors (Lipinski definition) is 1. The van der Waals surface area contributed by atoms with E-state index in [1.54, 1.807) is 0 Å². The summed E-state index contributed by atoms with van der Waals surface area (Å²) in [7, 11) is 2.21. The van der Waals surface area contributed by atoms with E-state index in [1.807, 2.05) is 0 Å². The van der Waals surface area contributed by atoms with Crippen molar-refractivity contribution in [1.29, 1.82) is 0 Å². The van der Waals surface area contributed by atoms with Crippen molar-refractivity contribution < 1.29 is 0 Å². The first kappa shape index (κ1) is 10.3. The Morgan fingerprint density at radius 1 is 1.25 bits per heavy atom. The Bertz CT molecular complexity index is 384. The third kappa shape index (κ3) is 1.20. The van der Waals surface area contributed by atoms with Gasteiger partial charge in [0, 0.05) is 25.0 Å². The van der Waals surface area contributed by atoms with E-state index < -0.39 is 0 Å². The summed E-state index contributed by atoms with van der Waals surface area (Å²) in [5.41, 5.74) is 9.16. The van der Waals surface area contributed by atoms with E-state index in [1.165, 1.54) is 24.2 Å². The van der Waals surface area contributed by atoms with Gasteiger partial charge < -0.3 is 10.6 Å². The monoisotopic (exact) mass is 216 g/mol. The molecule has 1 saturated heterocycles. The molecule has 2 atom stereocenters. The molecule has 0 bridgehead atoms. The zero-order chi connectivity index (χ0) is 11.3. The van der Waals surface area contributed by atoms with Gasteiger partial charge in [-0.3, -0.25) is 0 Å². The van der Waals surface area contributed by atoms with Crippen LogP contribution < -0.4 is 5.73 Å². The number of nitrogens with zero attached hydrogens (tertiary/aromatic N) is 1. The molecular formula is C14H20N2. The summed E-state index contributed by atoms with van der Waals surface area (Å²) >= 11 is 0. The molecule has 1 aromatic carbocycles. The average molecular weight is 216 g/mol. The molecule has 2 aliphatic rings. The number of hydrogen-bond acceptors (Lipinski definition) is 2. The summed E-state index contributed by atoms with van der Waals surface area (Å²) in [6, 6.07) is 8.98. The summed E-state index contributed by atoms with van der Waals surface area (Å²) in [5, 5.41) is 0. The topological polar surface area (TPSA) is 29.3 Å². The number of aryl methyl sites for hydroxylation is 1. The van der Waals surface area contributed by atoms with E-state index in [0.717, 1.165) is 18.4 Å². The van der Waals surface area contributed by atoms with Gasteiger partial charge in [-0.25, -0.2) is 0 Å². The summed E-state index contributed by atoms with van der Waals surface area (Å²) in [5.74, 6) is 1.59. The van der Waals surface area contributed by atoms with Gasteiger partial charge in [-0.1, -0.05) is 29.8 Å². The molecule has 1 saturated carbocycles. The molecule has 2 unspecified atom stereocenters. The number of nitrogens with two attached hydrogens (primary N) is 1. The first-order chi connectivity index (χ1) is 7.68. The summed E-state index contributed by atoms with van der Waals surface area (Å²) < 4.78 is 0. The molecule has 16 heavy (non-hydrogen) atoms. The van der Waals surface area contributed by atoms with Crippen molar-refractivity contribution >= 4 is 0 Å². The third-order valence-electron chi connectivity index (χ3n) is 4.64. The molecule has 0 spiro atoms. The van der Waals surface area contributed by atoms with Gasteiger partial charge in [0.2, 0.25) is 0 Å². The highest BCUT2D eigenvalue weighted by Crippen LogP contribution is 2.62. The van der Waals surface area contributed by atoms with E-state index in [4.69, 9.17) is 5.73 Å². The Kier molecular flexibility index (Phi) is 2.13. The SMILES string of the molecule is Cc1ccc(C2(CN)C3CN(C)CC32)cc1. The van der Waals surface area contributed by atoms with E-state index in [9.17, 15) is 0 Å². The molecule has 0 radical (unpaired) electrons. The van der Waals surface area contributed by atoms with Crippen LogP contribution in [0.15, 0.2) is 24.3 Å². The van der Waals surface area contributed by atoms with Crippen LogP contribution in [0.3, 0.4) is 0 Å². The van der Waals surface area contributed by atoms with Crippen LogP contribution >= 0.6 is 0 Å². The Hall–Kier alpha value is -0.860. The van der Waals surface area contributed by atoms with Crippen molar-refractivity contribution in [3.05, 3.63) is 35.4 Å². The van der Waals surface area contributed by atoms with Gasteiger partial charge in [-0.2, -0.15) is 0 Å². The largest absolute Gasteiger partial charge is 0.330 e. The quantitative estimate of drug-likeness (QED) is 0.809. The lowest BCUT2D eigenvalue weighted by atomic mass is 9.90. The zero-order valence-electron chi connectivity index (χ0n) is 10.1. The molecule has 1 aliphatic heterocycles. The standard InChI is InChI=1S/C14H20N2/c1-10-3-5-11(6-4-10)14(9-15)12-7-16(2)8-13(12)14/h3-6,12-13H,7-9,15H2,1-2H3. The van der Waals surface area contributed by atoms with Gasteiger partial charge in [0.1, 0.15) is 0 Å². The molecule has 2 heteroatoms. The highest BCUT2D eigenvalue weighted by Gasteiger charge is 2.67. The first-order valence-corrected chi connectivity index (χ1v) is 6.14. The summed E-state index contributed by atoms with van der Waals surface area (Å²) in [6.45, 7) is 5.38. The van der Waals surface area contributed by atoms with E-state index >= 15 is 0 Å². The minimum atomic E-state index is 0.306. The van der Waals surface area contributed by atoms with E-state index in [-0.39, 0.29) is 0 Å². The van der Waals surface area contributed by atoms with Crippen LogP contribution in [-0.2, 0) is 5.41 Å². The van der Waals surface area contributed by atoms with Gasteiger partial charge in [-0.15, -0.1) is 0 Å². The second kappa shape index (κ2) is 3.31. The lowest BCUT2D eigenvalue weighted by molar-refractivity contribution is 0.326. The number of benzene rings is 1. The van der Waals surface area contributed by atoms with E-state index in [0.29, 0.717) is 5.41 Å². The van der Waals surface area contributed by atoms with Gasteiger partial charge in [-0.05, 0) is 31.4 Å². The predicted molar refractivity (Wildman–Crippen MR) is 66.4 cm³/mol. The number of fused-ring (bicyclic) bond motifs is 1. The van der Waals surface area contributed by atoms with Crippen molar-refractivity contribution in [3.8, 4) is 0 Å². The Labute approximate surface area is 97.4 Å². The predicted octanol–water partition coefficient (Wildman–Crippen LogP) is 1.38. The van der Waals surface area contributed by atoms with Crippen LogP contribution in [0.25, 0.3) is 0 Å². The van der Waals surface area contributed by atoms with Crippen molar-refractivity contribution in [3.63, 3.8) is 0 Å². The fourth-order valence-corrected chi connectivity index (χ4v) is 3.64. The fraction of sp³-hybridized carbons (Fsp3) is 0.571. The van der Waals surface area contributed by atoms with Crippen molar-refractivity contribution in [2.45, 2.75) is 12.3 Å². The second-order valence-corrected chi connectivity index (χ2v) is 5.54. The number of rotatable bonds is 2. The molecule has 0 aromatic heterocycles. The van der Waals surface area contributed by atoms with Crippen LogP contribution in [-0.4, -0.2) is 31.6 Å². The van der Waals surface area contributed by atoms with Gasteiger partial charge in [0.25, 0.3) is 0 Å². The summed E-state index contributed by atoms with van der Waals surface area (Å²) in [4.78, 5) is 2.43. The number of likely N-dealkylation sites (tertiary alicyclic amines) is 1. The smallest absolute Gasteiger partial charge is 0.0163 e. The molecule has 2 nitrogen and oxygen atoms in total. The molecule has 1 heterocycles. The number of piperidine rings is 1. The van der Waals surface area contributed by atoms with E-state index in [2.05, 4.69) is 43.1 Å². The average Bonchev–Trinajstić information content (AvgIpc) is 2.67. The maximum atomic E-state index is 6.06. The Morgan fingerprint density at radius 2 is 1.81 bits per heavy atom. The molecule has 0 amide bonds. The molecular weight excluding hydrogens is 196 g/mol. The van der Waals surface area contributed by atoms with Crippen molar-refractivity contribution in [2.75, 3.05) is 26.7 Å². The Morgan fingerprint density at radius 3 is 2.31 bits per heavy atom. The molecule has 2 fully saturated rings.